The Labute approximate surface area is 111 Å². The molecule has 2 unspecified atom stereocenters. The topological polar surface area (TPSA) is 75.4 Å². The van der Waals surface area contributed by atoms with E-state index in [1.807, 2.05) is 0 Å². The molecule has 1 aromatic carbocycles. The van der Waals surface area contributed by atoms with E-state index in [1.165, 1.54) is 0 Å². The number of nitrogen functional groups attached to an aromatic ring is 1. The Hall–Kier alpha value is -1.36. The number of hydrogen-bond donors (Lipinski definition) is 3. The number of phenolic OH excluding ortho intramolecular Hbond substituents is 1. The van der Waals surface area contributed by atoms with Crippen LogP contribution in [0.25, 0.3) is 0 Å². The molecular formula is C13H18N2O2S. The quantitative estimate of drug-likeness (QED) is 0.577. The van der Waals surface area contributed by atoms with Crippen molar-refractivity contribution in [2.24, 2.45) is 0 Å². The van der Waals surface area contributed by atoms with Crippen molar-refractivity contribution >= 4 is 23.4 Å². The Morgan fingerprint density at radius 2 is 2.28 bits per heavy atom. The Kier molecular flexibility index (Phi) is 4.01. The Balaban J connectivity index is 2.10. The van der Waals surface area contributed by atoms with E-state index in [2.05, 4.69) is 11.6 Å². The van der Waals surface area contributed by atoms with Crippen LogP contribution in [-0.4, -0.2) is 28.6 Å². The molecule has 2 atom stereocenters. The monoisotopic (exact) mass is 266 g/mol. The highest BCUT2D eigenvalue weighted by Gasteiger charge is 2.28. The number of thioether (sulfide) groups is 1. The van der Waals surface area contributed by atoms with E-state index in [4.69, 9.17) is 5.73 Å². The van der Waals surface area contributed by atoms with Crippen LogP contribution in [0.5, 0.6) is 5.75 Å². The number of carbonyl (C=O) groups is 1. The van der Waals surface area contributed by atoms with Crippen LogP contribution >= 0.6 is 11.8 Å². The first-order chi connectivity index (χ1) is 8.63. The number of benzene rings is 1. The molecule has 1 fully saturated rings. The molecule has 0 saturated heterocycles. The molecule has 1 aliphatic rings. The van der Waals surface area contributed by atoms with Crippen molar-refractivity contribution in [3.63, 3.8) is 0 Å². The summed E-state index contributed by atoms with van der Waals surface area (Å²) in [7, 11) is 0. The summed E-state index contributed by atoms with van der Waals surface area (Å²) in [6, 6.07) is 5.02. The summed E-state index contributed by atoms with van der Waals surface area (Å²) >= 11 is 1.78. The Bertz CT molecular complexity index is 451. The summed E-state index contributed by atoms with van der Waals surface area (Å²) in [5.74, 6) is -0.376. The minimum Gasteiger partial charge on any atom is -0.505 e. The molecular weight excluding hydrogens is 248 g/mol. The first kappa shape index (κ1) is 13.1. The van der Waals surface area contributed by atoms with Gasteiger partial charge in [0.2, 0.25) is 0 Å². The van der Waals surface area contributed by atoms with Crippen LogP contribution < -0.4 is 11.1 Å². The molecule has 0 radical (unpaired) electrons. The van der Waals surface area contributed by atoms with E-state index < -0.39 is 0 Å². The molecule has 18 heavy (non-hydrogen) atoms. The van der Waals surface area contributed by atoms with Crippen molar-refractivity contribution in [2.45, 2.75) is 30.6 Å². The zero-order valence-corrected chi connectivity index (χ0v) is 11.2. The van der Waals surface area contributed by atoms with Gasteiger partial charge in [0.25, 0.3) is 5.91 Å². The first-order valence-electron chi connectivity index (χ1n) is 6.04. The van der Waals surface area contributed by atoms with Gasteiger partial charge in [0.15, 0.2) is 5.75 Å². The van der Waals surface area contributed by atoms with E-state index in [-0.39, 0.29) is 28.9 Å². The van der Waals surface area contributed by atoms with Crippen molar-refractivity contribution in [1.82, 2.24) is 5.32 Å². The van der Waals surface area contributed by atoms with Gasteiger partial charge in [-0.1, -0.05) is 12.5 Å². The molecule has 5 heteroatoms. The number of phenols is 1. The van der Waals surface area contributed by atoms with Crippen LogP contribution in [-0.2, 0) is 0 Å². The summed E-state index contributed by atoms with van der Waals surface area (Å²) in [6.45, 7) is 0. The van der Waals surface area contributed by atoms with Crippen LogP contribution in [0.4, 0.5) is 5.69 Å². The van der Waals surface area contributed by atoms with Crippen molar-refractivity contribution in [3.8, 4) is 5.75 Å². The summed E-state index contributed by atoms with van der Waals surface area (Å²) in [5, 5.41) is 13.2. The number of hydrogen-bond acceptors (Lipinski definition) is 4. The number of aromatic hydroxyl groups is 1. The third kappa shape index (κ3) is 2.56. The lowest BCUT2D eigenvalue weighted by molar-refractivity contribution is 0.0936. The predicted molar refractivity (Wildman–Crippen MR) is 74.9 cm³/mol. The lowest BCUT2D eigenvalue weighted by Crippen LogP contribution is -2.38. The van der Waals surface area contributed by atoms with Crippen molar-refractivity contribution < 1.29 is 9.90 Å². The number of nitrogens with two attached hydrogens (primary N) is 1. The molecule has 1 amide bonds. The van der Waals surface area contributed by atoms with Gasteiger partial charge in [-0.05, 0) is 31.2 Å². The normalized spacial score (nSPS) is 22.9. The molecule has 4 N–H and O–H groups in total. The number of nitrogens with one attached hydrogen (secondary N) is 1. The second kappa shape index (κ2) is 5.52. The maximum absolute atomic E-state index is 12.1. The molecule has 0 bridgehead atoms. The summed E-state index contributed by atoms with van der Waals surface area (Å²) < 4.78 is 0. The van der Waals surface area contributed by atoms with E-state index in [9.17, 15) is 9.90 Å². The fourth-order valence-electron chi connectivity index (χ4n) is 2.36. The molecule has 4 nitrogen and oxygen atoms in total. The highest BCUT2D eigenvalue weighted by Crippen LogP contribution is 2.29. The van der Waals surface area contributed by atoms with E-state index in [0.29, 0.717) is 5.25 Å². The maximum atomic E-state index is 12.1. The van der Waals surface area contributed by atoms with Gasteiger partial charge in [-0.25, -0.2) is 0 Å². The Morgan fingerprint density at radius 1 is 1.50 bits per heavy atom. The molecule has 0 heterocycles. The first-order valence-corrected chi connectivity index (χ1v) is 7.33. The lowest BCUT2D eigenvalue weighted by atomic mass is 10.1. The summed E-state index contributed by atoms with van der Waals surface area (Å²) in [5.41, 5.74) is 6.07. The molecule has 98 valence electrons. The minimum atomic E-state index is -0.245. The van der Waals surface area contributed by atoms with Gasteiger partial charge in [-0.15, -0.1) is 0 Å². The second-order valence-electron chi connectivity index (χ2n) is 4.53. The van der Waals surface area contributed by atoms with Crippen LogP contribution in [0.2, 0.25) is 0 Å². The third-order valence-electron chi connectivity index (χ3n) is 3.38. The Morgan fingerprint density at radius 3 is 3.00 bits per heavy atom. The fourth-order valence-corrected chi connectivity index (χ4v) is 3.30. The largest absolute Gasteiger partial charge is 0.505 e. The number of amides is 1. The van der Waals surface area contributed by atoms with E-state index in [0.717, 1.165) is 19.3 Å². The van der Waals surface area contributed by atoms with Crippen LogP contribution in [0, 0.1) is 0 Å². The van der Waals surface area contributed by atoms with Gasteiger partial charge in [0.05, 0.1) is 11.3 Å². The lowest BCUT2D eigenvalue weighted by Gasteiger charge is -2.19. The molecule has 2 rings (SSSR count). The molecule has 1 aliphatic carbocycles. The fraction of sp³-hybridized carbons (Fsp3) is 0.462. The van der Waals surface area contributed by atoms with Crippen molar-refractivity contribution in [3.05, 3.63) is 23.8 Å². The average molecular weight is 266 g/mol. The summed E-state index contributed by atoms with van der Waals surface area (Å²) in [6.07, 6.45) is 5.34. The zero-order chi connectivity index (χ0) is 13.1. The van der Waals surface area contributed by atoms with E-state index in [1.54, 1.807) is 30.0 Å². The van der Waals surface area contributed by atoms with Gasteiger partial charge in [-0.3, -0.25) is 4.79 Å². The number of para-hydroxylation sites is 1. The predicted octanol–water partition coefficient (Wildman–Crippen LogP) is 1.99. The summed E-state index contributed by atoms with van der Waals surface area (Å²) in [4.78, 5) is 12.1. The van der Waals surface area contributed by atoms with Crippen molar-refractivity contribution in [2.75, 3.05) is 12.0 Å². The molecule has 0 spiro atoms. The molecule has 1 aromatic rings. The van der Waals surface area contributed by atoms with Gasteiger partial charge in [-0.2, -0.15) is 11.8 Å². The SMILES string of the molecule is CSC1CCCC1NC(=O)c1cccc(N)c1O. The number of rotatable bonds is 3. The van der Waals surface area contributed by atoms with Crippen molar-refractivity contribution in [1.29, 1.82) is 0 Å². The van der Waals surface area contributed by atoms with Crippen LogP contribution in [0.3, 0.4) is 0 Å². The number of carbonyl (C=O) groups excluding carboxylic acids is 1. The van der Waals surface area contributed by atoms with Crippen LogP contribution in [0.15, 0.2) is 18.2 Å². The molecule has 0 aromatic heterocycles. The average Bonchev–Trinajstić information content (AvgIpc) is 2.79. The standard InChI is InChI=1S/C13H18N2O2S/c1-18-11-7-3-6-10(11)15-13(17)8-4-2-5-9(14)12(8)16/h2,4-5,10-11,16H,3,6-7,14H2,1H3,(H,15,17). The molecule has 0 aliphatic heterocycles. The third-order valence-corrected chi connectivity index (χ3v) is 4.55. The molecule has 1 saturated carbocycles. The van der Waals surface area contributed by atoms with E-state index >= 15 is 0 Å². The number of anilines is 1. The van der Waals surface area contributed by atoms with Crippen LogP contribution in [0.1, 0.15) is 29.6 Å². The highest BCUT2D eigenvalue weighted by molar-refractivity contribution is 7.99. The maximum Gasteiger partial charge on any atom is 0.255 e. The second-order valence-corrected chi connectivity index (χ2v) is 5.61. The highest BCUT2D eigenvalue weighted by atomic mass is 32.2. The smallest absolute Gasteiger partial charge is 0.255 e. The minimum absolute atomic E-state index is 0.131. The van der Waals surface area contributed by atoms with Gasteiger partial charge in [0.1, 0.15) is 0 Å². The zero-order valence-electron chi connectivity index (χ0n) is 10.3. The van der Waals surface area contributed by atoms with Gasteiger partial charge >= 0.3 is 0 Å². The van der Waals surface area contributed by atoms with Gasteiger partial charge in [0, 0.05) is 11.3 Å². The van der Waals surface area contributed by atoms with Gasteiger partial charge < -0.3 is 16.2 Å².